The number of nitrogens with zero attached hydrogens (tertiary/aromatic N) is 1. The molecule has 0 bridgehead atoms. The molecule has 0 saturated heterocycles. The van der Waals surface area contributed by atoms with E-state index < -0.39 is 6.04 Å². The molecule has 130 valence electrons. The Balaban J connectivity index is 0.00000288. The van der Waals surface area contributed by atoms with Gasteiger partial charge in [0, 0.05) is 5.38 Å². The molecule has 24 heavy (non-hydrogen) atoms. The van der Waals surface area contributed by atoms with Gasteiger partial charge in [-0.25, -0.2) is 4.98 Å². The Hall–Kier alpha value is -1.96. The minimum absolute atomic E-state index is 0. The molecule has 0 fully saturated rings. The summed E-state index contributed by atoms with van der Waals surface area (Å²) in [7, 11) is 0. The van der Waals surface area contributed by atoms with E-state index in [1.807, 2.05) is 30.3 Å². The highest BCUT2D eigenvalue weighted by atomic mass is 35.5. The molecule has 1 aromatic heterocycles. The Labute approximate surface area is 150 Å². The van der Waals surface area contributed by atoms with E-state index in [0.29, 0.717) is 23.9 Å². The van der Waals surface area contributed by atoms with E-state index in [0.717, 1.165) is 5.56 Å². The van der Waals surface area contributed by atoms with Crippen LogP contribution in [0.15, 0.2) is 35.7 Å². The molecule has 1 unspecified atom stereocenters. The summed E-state index contributed by atoms with van der Waals surface area (Å²) in [6, 6.07) is 8.91. The van der Waals surface area contributed by atoms with Gasteiger partial charge in [-0.05, 0) is 18.9 Å². The molecule has 6 nitrogen and oxygen atoms in total. The standard InChI is InChI=1S/C16H19N3O3S.ClH/c1-2-22-14(20)9-12-10-23-16(18-12)19-15(21)13(17)8-11-6-4-3-5-7-11;/h3-7,10,13H,2,8-9,17H2,1H3,(H,18,19,21);1H. The summed E-state index contributed by atoms with van der Waals surface area (Å²) < 4.78 is 4.86. The van der Waals surface area contributed by atoms with E-state index in [2.05, 4.69) is 10.3 Å². The van der Waals surface area contributed by atoms with Crippen molar-refractivity contribution in [2.75, 3.05) is 11.9 Å². The topological polar surface area (TPSA) is 94.3 Å². The van der Waals surface area contributed by atoms with Crippen molar-refractivity contribution in [3.05, 3.63) is 47.0 Å². The number of nitrogens with one attached hydrogen (secondary N) is 1. The van der Waals surface area contributed by atoms with E-state index in [4.69, 9.17) is 10.5 Å². The van der Waals surface area contributed by atoms with E-state index in [9.17, 15) is 9.59 Å². The lowest BCUT2D eigenvalue weighted by Gasteiger charge is -2.10. The van der Waals surface area contributed by atoms with Gasteiger partial charge in [0.25, 0.3) is 0 Å². The van der Waals surface area contributed by atoms with Crippen LogP contribution in [0, 0.1) is 0 Å². The average molecular weight is 370 g/mol. The van der Waals surface area contributed by atoms with Gasteiger partial charge in [0.2, 0.25) is 5.91 Å². The molecule has 3 N–H and O–H groups in total. The molecule has 2 rings (SSSR count). The molecule has 0 aliphatic carbocycles. The average Bonchev–Trinajstić information content (AvgIpc) is 2.95. The lowest BCUT2D eigenvalue weighted by Crippen LogP contribution is -2.37. The zero-order valence-electron chi connectivity index (χ0n) is 13.2. The number of carbonyl (C=O) groups is 2. The van der Waals surface area contributed by atoms with Crippen molar-refractivity contribution in [1.82, 2.24) is 4.98 Å². The van der Waals surface area contributed by atoms with E-state index in [-0.39, 0.29) is 30.7 Å². The number of aromatic nitrogens is 1. The summed E-state index contributed by atoms with van der Waals surface area (Å²) in [6.07, 6.45) is 0.546. The third-order valence-electron chi connectivity index (χ3n) is 3.05. The Morgan fingerprint density at radius 3 is 2.71 bits per heavy atom. The highest BCUT2D eigenvalue weighted by Crippen LogP contribution is 2.16. The van der Waals surface area contributed by atoms with Crippen LogP contribution in [0.5, 0.6) is 0 Å². The van der Waals surface area contributed by atoms with E-state index in [1.54, 1.807) is 12.3 Å². The molecule has 1 heterocycles. The molecule has 0 spiro atoms. The van der Waals surface area contributed by atoms with Crippen LogP contribution in [0.25, 0.3) is 0 Å². The summed E-state index contributed by atoms with van der Waals surface area (Å²) in [5, 5.41) is 4.82. The fraction of sp³-hybridized carbons (Fsp3) is 0.312. The van der Waals surface area contributed by atoms with Gasteiger partial charge in [0.05, 0.1) is 24.8 Å². The molecule has 1 atom stereocenters. The molecule has 1 amide bonds. The number of halogens is 1. The normalized spacial score (nSPS) is 11.2. The molecule has 0 saturated carbocycles. The number of esters is 1. The van der Waals surface area contributed by atoms with Crippen molar-refractivity contribution < 1.29 is 14.3 Å². The monoisotopic (exact) mass is 369 g/mol. The van der Waals surface area contributed by atoms with Crippen LogP contribution in [0.2, 0.25) is 0 Å². The summed E-state index contributed by atoms with van der Waals surface area (Å²) in [6.45, 7) is 2.08. The molecule has 0 radical (unpaired) electrons. The van der Waals surface area contributed by atoms with Gasteiger partial charge in [0.15, 0.2) is 5.13 Å². The highest BCUT2D eigenvalue weighted by molar-refractivity contribution is 7.13. The maximum Gasteiger partial charge on any atom is 0.311 e. The number of carbonyl (C=O) groups excluding carboxylic acids is 2. The van der Waals surface area contributed by atoms with Crippen LogP contribution in [0.3, 0.4) is 0 Å². The summed E-state index contributed by atoms with van der Waals surface area (Å²) in [4.78, 5) is 27.7. The lowest BCUT2D eigenvalue weighted by molar-refractivity contribution is -0.142. The van der Waals surface area contributed by atoms with Gasteiger partial charge in [0.1, 0.15) is 0 Å². The van der Waals surface area contributed by atoms with E-state index in [1.165, 1.54) is 11.3 Å². The van der Waals surface area contributed by atoms with Crippen molar-refractivity contribution >= 4 is 40.8 Å². The largest absolute Gasteiger partial charge is 0.466 e. The maximum atomic E-state index is 12.1. The maximum absolute atomic E-state index is 12.1. The SMILES string of the molecule is CCOC(=O)Cc1csc(NC(=O)C(N)Cc2ccccc2)n1.Cl. The van der Waals surface area contributed by atoms with Crippen molar-refractivity contribution in [3.8, 4) is 0 Å². The molecule has 8 heteroatoms. The molecule has 0 aliphatic rings. The van der Waals surface area contributed by atoms with Gasteiger partial charge >= 0.3 is 5.97 Å². The Morgan fingerprint density at radius 2 is 2.04 bits per heavy atom. The fourth-order valence-corrected chi connectivity index (χ4v) is 2.68. The van der Waals surface area contributed by atoms with Gasteiger partial charge in [-0.1, -0.05) is 30.3 Å². The zero-order chi connectivity index (χ0) is 16.7. The number of hydrogen-bond acceptors (Lipinski definition) is 6. The van der Waals surface area contributed by atoms with Gasteiger partial charge < -0.3 is 15.8 Å². The summed E-state index contributed by atoms with van der Waals surface area (Å²) >= 11 is 1.26. The predicted molar refractivity (Wildman–Crippen MR) is 96.5 cm³/mol. The number of anilines is 1. The first-order chi connectivity index (χ1) is 11.1. The second kappa shape index (κ2) is 10.0. The number of nitrogens with two attached hydrogens (primary N) is 1. The Morgan fingerprint density at radius 1 is 1.33 bits per heavy atom. The number of rotatable bonds is 7. The first-order valence-electron chi connectivity index (χ1n) is 7.29. The number of ether oxygens (including phenoxy) is 1. The second-order valence-corrected chi connectivity index (χ2v) is 5.77. The van der Waals surface area contributed by atoms with Crippen molar-refractivity contribution in [3.63, 3.8) is 0 Å². The molecule has 0 aliphatic heterocycles. The minimum Gasteiger partial charge on any atom is -0.466 e. The molecular weight excluding hydrogens is 350 g/mol. The molecular formula is C16H20ClN3O3S. The lowest BCUT2D eigenvalue weighted by atomic mass is 10.1. The third-order valence-corrected chi connectivity index (χ3v) is 3.85. The number of thiazole rings is 1. The van der Waals surface area contributed by atoms with Gasteiger partial charge in [-0.3, -0.25) is 9.59 Å². The zero-order valence-corrected chi connectivity index (χ0v) is 14.9. The van der Waals surface area contributed by atoms with E-state index >= 15 is 0 Å². The van der Waals surface area contributed by atoms with Gasteiger partial charge in [-0.2, -0.15) is 0 Å². The number of benzene rings is 1. The Kier molecular flexibility index (Phi) is 8.39. The van der Waals surface area contributed by atoms with Crippen LogP contribution < -0.4 is 11.1 Å². The van der Waals surface area contributed by atoms with Crippen LogP contribution in [-0.2, 0) is 27.2 Å². The van der Waals surface area contributed by atoms with Crippen LogP contribution >= 0.6 is 23.7 Å². The highest BCUT2D eigenvalue weighted by Gasteiger charge is 2.16. The third kappa shape index (κ3) is 6.27. The molecule has 2 aromatic rings. The Bertz CT molecular complexity index is 664. The van der Waals surface area contributed by atoms with Crippen LogP contribution in [-0.4, -0.2) is 29.5 Å². The van der Waals surface area contributed by atoms with Crippen LogP contribution in [0.1, 0.15) is 18.2 Å². The minimum atomic E-state index is -0.658. The molecule has 1 aromatic carbocycles. The van der Waals surface area contributed by atoms with Crippen molar-refractivity contribution in [1.29, 1.82) is 0 Å². The second-order valence-electron chi connectivity index (χ2n) is 4.91. The van der Waals surface area contributed by atoms with Gasteiger partial charge in [-0.15, -0.1) is 23.7 Å². The predicted octanol–water partition coefficient (Wildman–Crippen LogP) is 2.18. The summed E-state index contributed by atoms with van der Waals surface area (Å²) in [5.74, 6) is -0.637. The first kappa shape index (κ1) is 20.1. The first-order valence-corrected chi connectivity index (χ1v) is 8.17. The van der Waals surface area contributed by atoms with Crippen molar-refractivity contribution in [2.24, 2.45) is 5.73 Å². The smallest absolute Gasteiger partial charge is 0.311 e. The van der Waals surface area contributed by atoms with Crippen molar-refractivity contribution in [2.45, 2.75) is 25.8 Å². The van der Waals surface area contributed by atoms with Crippen LogP contribution in [0.4, 0.5) is 5.13 Å². The fourth-order valence-electron chi connectivity index (χ4n) is 1.96. The summed E-state index contributed by atoms with van der Waals surface area (Å²) in [5.41, 5.74) is 7.48. The number of amides is 1. The quantitative estimate of drug-likeness (QED) is 0.729. The number of hydrogen-bond donors (Lipinski definition) is 2.